The van der Waals surface area contributed by atoms with E-state index in [9.17, 15) is 14.4 Å². The minimum atomic E-state index is -0.443. The summed E-state index contributed by atoms with van der Waals surface area (Å²) in [6.45, 7) is 3.53. The topological polar surface area (TPSA) is 121 Å². The second kappa shape index (κ2) is 14.4. The van der Waals surface area contributed by atoms with Gasteiger partial charge in [0.25, 0.3) is 0 Å². The lowest BCUT2D eigenvalue weighted by molar-refractivity contribution is -0.133. The van der Waals surface area contributed by atoms with Crippen LogP contribution in [-0.4, -0.2) is 89.8 Å². The number of aromatic nitrogens is 1. The maximum absolute atomic E-state index is 12.5. The fourth-order valence-electron chi connectivity index (χ4n) is 3.90. The van der Waals surface area contributed by atoms with Gasteiger partial charge in [0.15, 0.2) is 5.13 Å². The van der Waals surface area contributed by atoms with Crippen molar-refractivity contribution >= 4 is 56.2 Å². The Hall–Kier alpha value is -2.21. The third-order valence-electron chi connectivity index (χ3n) is 5.97. The summed E-state index contributed by atoms with van der Waals surface area (Å²) in [5.41, 5.74) is 6.73. The average Bonchev–Trinajstić information content (AvgIpc) is 3.26. The highest BCUT2D eigenvalue weighted by molar-refractivity contribution is 7.98. The van der Waals surface area contributed by atoms with Crippen LogP contribution >= 0.6 is 23.1 Å². The molecule has 1 aromatic carbocycles. The van der Waals surface area contributed by atoms with Crippen LogP contribution in [0.4, 0.5) is 5.13 Å². The van der Waals surface area contributed by atoms with Crippen LogP contribution in [0.15, 0.2) is 24.3 Å². The van der Waals surface area contributed by atoms with E-state index in [1.807, 2.05) is 35.4 Å². The molecule has 11 heteroatoms. The van der Waals surface area contributed by atoms with Gasteiger partial charge in [-0.2, -0.15) is 11.8 Å². The lowest BCUT2D eigenvalue weighted by Crippen LogP contribution is -2.50. The van der Waals surface area contributed by atoms with Gasteiger partial charge in [0.05, 0.1) is 22.8 Å². The molecular formula is C24H36N6O3S2. The van der Waals surface area contributed by atoms with Gasteiger partial charge in [0, 0.05) is 39.1 Å². The average molecular weight is 521 g/mol. The Labute approximate surface area is 215 Å². The van der Waals surface area contributed by atoms with E-state index in [0.29, 0.717) is 57.2 Å². The van der Waals surface area contributed by atoms with Gasteiger partial charge in [0.1, 0.15) is 0 Å². The molecule has 1 aliphatic rings. The van der Waals surface area contributed by atoms with Crippen molar-refractivity contribution in [2.75, 3.05) is 56.6 Å². The van der Waals surface area contributed by atoms with Crippen molar-refractivity contribution in [3.8, 4) is 0 Å². The number of para-hydroxylation sites is 1. The van der Waals surface area contributed by atoms with Crippen LogP contribution in [0.5, 0.6) is 0 Å². The number of thioether (sulfide) groups is 1. The van der Waals surface area contributed by atoms with Crippen molar-refractivity contribution in [1.29, 1.82) is 0 Å². The first kappa shape index (κ1) is 27.4. The number of carbonyl (C=O) groups excluding carboxylic acids is 3. The summed E-state index contributed by atoms with van der Waals surface area (Å²) >= 11 is 3.15. The molecule has 2 aromatic rings. The SMILES string of the molecule is CSCC[C@@H](N)C(=O)NCCCCCC(=O)N1CCN(CC(=O)Nc2nc3ccccc3s2)CC1. The zero-order valence-electron chi connectivity index (χ0n) is 20.3. The Morgan fingerprint density at radius 3 is 2.66 bits per heavy atom. The molecule has 2 heterocycles. The second-order valence-electron chi connectivity index (χ2n) is 8.68. The highest BCUT2D eigenvalue weighted by Gasteiger charge is 2.22. The summed E-state index contributed by atoms with van der Waals surface area (Å²) in [5.74, 6) is 0.858. The number of carbonyl (C=O) groups is 3. The molecule has 1 saturated heterocycles. The number of amides is 3. The fraction of sp³-hybridized carbons (Fsp3) is 0.583. The summed E-state index contributed by atoms with van der Waals surface area (Å²) < 4.78 is 1.05. The van der Waals surface area contributed by atoms with Crippen molar-refractivity contribution < 1.29 is 14.4 Å². The number of rotatable bonds is 13. The quantitative estimate of drug-likeness (QED) is 0.346. The first-order valence-corrected chi connectivity index (χ1v) is 14.3. The number of unbranched alkanes of at least 4 members (excludes halogenated alkanes) is 2. The molecular weight excluding hydrogens is 484 g/mol. The number of benzene rings is 1. The molecule has 35 heavy (non-hydrogen) atoms. The monoisotopic (exact) mass is 520 g/mol. The van der Waals surface area contributed by atoms with Crippen LogP contribution in [0, 0.1) is 0 Å². The lowest BCUT2D eigenvalue weighted by atomic mass is 10.1. The molecule has 1 aliphatic heterocycles. The highest BCUT2D eigenvalue weighted by atomic mass is 32.2. The number of nitrogens with zero attached hydrogens (tertiary/aromatic N) is 3. The smallest absolute Gasteiger partial charge is 0.240 e. The summed E-state index contributed by atoms with van der Waals surface area (Å²) in [4.78, 5) is 45.2. The van der Waals surface area contributed by atoms with Crippen molar-refractivity contribution in [3.05, 3.63) is 24.3 Å². The normalized spacial score (nSPS) is 15.2. The molecule has 0 unspecified atom stereocenters. The number of anilines is 1. The maximum Gasteiger partial charge on any atom is 0.240 e. The Morgan fingerprint density at radius 2 is 1.91 bits per heavy atom. The molecule has 1 atom stereocenters. The van der Waals surface area contributed by atoms with E-state index in [1.54, 1.807) is 11.8 Å². The summed E-state index contributed by atoms with van der Waals surface area (Å²) in [7, 11) is 0. The van der Waals surface area contributed by atoms with Crippen LogP contribution in [0.25, 0.3) is 10.2 Å². The van der Waals surface area contributed by atoms with E-state index < -0.39 is 6.04 Å². The van der Waals surface area contributed by atoms with Gasteiger partial charge in [-0.15, -0.1) is 0 Å². The third-order valence-corrected chi connectivity index (χ3v) is 7.56. The van der Waals surface area contributed by atoms with Crippen molar-refractivity contribution in [3.63, 3.8) is 0 Å². The molecule has 0 radical (unpaired) electrons. The fourth-order valence-corrected chi connectivity index (χ4v) is 5.27. The molecule has 3 amide bonds. The Balaban J connectivity index is 1.25. The standard InChI is InChI=1S/C24H36N6O3S2/c1-34-16-10-18(25)23(33)26-11-6-2-3-9-22(32)30-14-12-29(13-15-30)17-21(31)28-24-27-19-7-4-5-8-20(19)35-24/h4-5,7-8,18H,2-3,6,9-17,25H2,1H3,(H,26,33)(H,27,28,31)/t18-/m1/s1. The van der Waals surface area contributed by atoms with Gasteiger partial charge < -0.3 is 21.3 Å². The minimum Gasteiger partial charge on any atom is -0.355 e. The molecule has 192 valence electrons. The highest BCUT2D eigenvalue weighted by Crippen LogP contribution is 2.25. The lowest BCUT2D eigenvalue weighted by Gasteiger charge is -2.34. The van der Waals surface area contributed by atoms with Crippen LogP contribution in [0.1, 0.15) is 32.1 Å². The Morgan fingerprint density at radius 1 is 1.14 bits per heavy atom. The van der Waals surface area contributed by atoms with E-state index in [0.717, 1.165) is 35.2 Å². The second-order valence-corrected chi connectivity index (χ2v) is 10.7. The van der Waals surface area contributed by atoms with Gasteiger partial charge in [0.2, 0.25) is 17.7 Å². The molecule has 0 saturated carbocycles. The van der Waals surface area contributed by atoms with Gasteiger partial charge in [-0.05, 0) is 43.4 Å². The van der Waals surface area contributed by atoms with Gasteiger partial charge in [-0.25, -0.2) is 4.98 Å². The molecule has 3 rings (SSSR count). The molecule has 1 fully saturated rings. The van der Waals surface area contributed by atoms with Crippen molar-refractivity contribution in [1.82, 2.24) is 20.1 Å². The Kier molecular flexibility index (Phi) is 11.2. The predicted octanol–water partition coefficient (Wildman–Crippen LogP) is 2.14. The number of thiazole rings is 1. The molecule has 4 N–H and O–H groups in total. The van der Waals surface area contributed by atoms with Crippen LogP contribution in [0.2, 0.25) is 0 Å². The molecule has 0 aliphatic carbocycles. The molecule has 0 bridgehead atoms. The predicted molar refractivity (Wildman–Crippen MR) is 144 cm³/mol. The van der Waals surface area contributed by atoms with E-state index in [2.05, 4.69) is 20.5 Å². The number of hydrogen-bond donors (Lipinski definition) is 3. The van der Waals surface area contributed by atoms with E-state index in [-0.39, 0.29) is 17.7 Å². The summed E-state index contributed by atoms with van der Waals surface area (Å²) in [6.07, 6.45) is 5.72. The number of piperazine rings is 1. The third kappa shape index (κ3) is 9.06. The van der Waals surface area contributed by atoms with Crippen molar-refractivity contribution in [2.24, 2.45) is 5.73 Å². The van der Waals surface area contributed by atoms with E-state index >= 15 is 0 Å². The summed E-state index contributed by atoms with van der Waals surface area (Å²) in [5, 5.41) is 6.38. The van der Waals surface area contributed by atoms with Crippen LogP contribution in [-0.2, 0) is 14.4 Å². The van der Waals surface area contributed by atoms with Gasteiger partial charge in [-0.1, -0.05) is 29.9 Å². The van der Waals surface area contributed by atoms with Crippen LogP contribution in [0.3, 0.4) is 0 Å². The molecule has 9 nitrogen and oxygen atoms in total. The largest absolute Gasteiger partial charge is 0.355 e. The van der Waals surface area contributed by atoms with Crippen molar-refractivity contribution in [2.45, 2.75) is 38.1 Å². The van der Waals surface area contributed by atoms with Crippen LogP contribution < -0.4 is 16.4 Å². The first-order valence-electron chi connectivity index (χ1n) is 12.1. The number of nitrogens with two attached hydrogens (primary N) is 1. The number of hydrogen-bond acceptors (Lipinski definition) is 8. The molecule has 1 aromatic heterocycles. The molecule has 0 spiro atoms. The Bertz CT molecular complexity index is 944. The summed E-state index contributed by atoms with van der Waals surface area (Å²) in [6, 6.07) is 7.36. The zero-order valence-corrected chi connectivity index (χ0v) is 22.0. The zero-order chi connectivity index (χ0) is 25.0. The number of fused-ring (bicyclic) bond motifs is 1. The maximum atomic E-state index is 12.5. The first-order chi connectivity index (χ1) is 17.0. The number of nitrogens with one attached hydrogen (secondary N) is 2. The van der Waals surface area contributed by atoms with E-state index in [1.165, 1.54) is 11.3 Å². The van der Waals surface area contributed by atoms with Gasteiger partial charge in [-0.3, -0.25) is 19.3 Å². The van der Waals surface area contributed by atoms with E-state index in [4.69, 9.17) is 5.73 Å². The van der Waals surface area contributed by atoms with Gasteiger partial charge >= 0.3 is 0 Å². The minimum absolute atomic E-state index is 0.0823.